The number of carbonyl (C=O) groups is 3. The van der Waals surface area contributed by atoms with Gasteiger partial charge in [-0.2, -0.15) is 0 Å². The number of likely N-dealkylation sites (tertiary alicyclic amines) is 1. The number of nitrogens with one attached hydrogen (secondary N) is 1. The molecule has 1 aliphatic heterocycles. The lowest BCUT2D eigenvalue weighted by atomic mass is 10.0. The van der Waals surface area contributed by atoms with Crippen molar-refractivity contribution in [3.8, 4) is 0 Å². The Morgan fingerprint density at radius 2 is 1.89 bits per heavy atom. The summed E-state index contributed by atoms with van der Waals surface area (Å²) in [6.45, 7) is 3.99. The Morgan fingerprint density at radius 3 is 2.44 bits per heavy atom. The van der Waals surface area contributed by atoms with Gasteiger partial charge in [0.15, 0.2) is 0 Å². The van der Waals surface area contributed by atoms with E-state index in [2.05, 4.69) is 5.32 Å². The highest BCUT2D eigenvalue weighted by Gasteiger charge is 2.34. The molecular formula is C19H24Cl2N2O4. The number of esters is 1. The molecule has 0 aromatic heterocycles. The first-order valence-corrected chi connectivity index (χ1v) is 9.58. The van der Waals surface area contributed by atoms with Crippen molar-refractivity contribution in [2.24, 2.45) is 5.92 Å². The highest BCUT2D eigenvalue weighted by atomic mass is 35.5. The van der Waals surface area contributed by atoms with E-state index in [1.165, 1.54) is 7.11 Å². The van der Waals surface area contributed by atoms with E-state index >= 15 is 0 Å². The largest absolute Gasteiger partial charge is 0.467 e. The van der Waals surface area contributed by atoms with Gasteiger partial charge in [-0.05, 0) is 36.1 Å². The molecule has 2 amide bonds. The van der Waals surface area contributed by atoms with Crippen LogP contribution in [0, 0.1) is 5.92 Å². The maximum absolute atomic E-state index is 12.4. The van der Waals surface area contributed by atoms with Crippen LogP contribution in [0.1, 0.15) is 38.7 Å². The molecule has 0 aliphatic carbocycles. The Morgan fingerprint density at radius 1 is 1.26 bits per heavy atom. The highest BCUT2D eigenvalue weighted by Crippen LogP contribution is 2.26. The number of amides is 2. The Bertz CT molecular complexity index is 703. The van der Waals surface area contributed by atoms with Crippen LogP contribution in [0.15, 0.2) is 18.2 Å². The van der Waals surface area contributed by atoms with Gasteiger partial charge in [-0.1, -0.05) is 37.0 Å². The first-order valence-electron chi connectivity index (χ1n) is 8.83. The monoisotopic (exact) mass is 414 g/mol. The highest BCUT2D eigenvalue weighted by molar-refractivity contribution is 6.34. The van der Waals surface area contributed by atoms with Crippen molar-refractivity contribution in [2.45, 2.75) is 51.7 Å². The average molecular weight is 415 g/mol. The zero-order valence-corrected chi connectivity index (χ0v) is 17.1. The molecule has 1 aliphatic rings. The van der Waals surface area contributed by atoms with E-state index < -0.39 is 12.0 Å². The molecule has 1 aromatic carbocycles. The maximum atomic E-state index is 12.4. The lowest BCUT2D eigenvalue weighted by Crippen LogP contribution is -2.46. The summed E-state index contributed by atoms with van der Waals surface area (Å²) < 4.78 is 4.74. The number of carbonyl (C=O) groups excluding carboxylic acids is 3. The summed E-state index contributed by atoms with van der Waals surface area (Å²) in [5, 5.41) is 3.71. The van der Waals surface area contributed by atoms with Gasteiger partial charge in [-0.3, -0.25) is 9.59 Å². The van der Waals surface area contributed by atoms with Crippen molar-refractivity contribution >= 4 is 41.0 Å². The zero-order chi connectivity index (χ0) is 20.1. The van der Waals surface area contributed by atoms with E-state index in [9.17, 15) is 14.4 Å². The fraction of sp³-hybridized carbons (Fsp3) is 0.526. The van der Waals surface area contributed by atoms with Gasteiger partial charge in [-0.25, -0.2) is 4.79 Å². The van der Waals surface area contributed by atoms with Crippen LogP contribution in [-0.2, 0) is 25.7 Å². The molecule has 0 unspecified atom stereocenters. The standard InChI is InChI=1S/C19H24Cl2N2O4/c1-11(2)18(19(26)27-3)22-16(24)9-15-4-5-17(25)23(15)10-12-6-13(20)8-14(21)7-12/h6-8,11,15,18H,4-5,9-10H2,1-3H3,(H,22,24)/t15-,18-/m0/s1. The Kier molecular flexibility index (Phi) is 7.50. The van der Waals surface area contributed by atoms with E-state index in [4.69, 9.17) is 27.9 Å². The van der Waals surface area contributed by atoms with Gasteiger partial charge in [-0.15, -0.1) is 0 Å². The third-order valence-electron chi connectivity index (χ3n) is 4.59. The first-order chi connectivity index (χ1) is 12.7. The molecular weight excluding hydrogens is 391 g/mol. The minimum Gasteiger partial charge on any atom is -0.467 e. The molecule has 0 bridgehead atoms. The molecule has 2 rings (SSSR count). The SMILES string of the molecule is COC(=O)[C@@H](NC(=O)C[C@@H]1CCC(=O)N1Cc1cc(Cl)cc(Cl)c1)C(C)C. The van der Waals surface area contributed by atoms with Crippen LogP contribution in [0.4, 0.5) is 0 Å². The van der Waals surface area contributed by atoms with Gasteiger partial charge in [0.25, 0.3) is 0 Å². The van der Waals surface area contributed by atoms with Gasteiger partial charge in [0, 0.05) is 35.5 Å². The molecule has 1 aromatic rings. The summed E-state index contributed by atoms with van der Waals surface area (Å²) >= 11 is 12.1. The number of nitrogens with zero attached hydrogens (tertiary/aromatic N) is 1. The fourth-order valence-corrected chi connectivity index (χ4v) is 3.76. The molecule has 8 heteroatoms. The second-order valence-electron chi connectivity index (χ2n) is 7.01. The lowest BCUT2D eigenvalue weighted by molar-refractivity contribution is -0.146. The molecule has 1 N–H and O–H groups in total. The number of halogens is 2. The molecule has 27 heavy (non-hydrogen) atoms. The molecule has 0 saturated carbocycles. The van der Waals surface area contributed by atoms with Crippen molar-refractivity contribution in [3.05, 3.63) is 33.8 Å². The predicted octanol–water partition coefficient (Wildman–Crippen LogP) is 3.19. The fourth-order valence-electron chi connectivity index (χ4n) is 3.19. The third-order valence-corrected chi connectivity index (χ3v) is 5.02. The van der Waals surface area contributed by atoms with Crippen LogP contribution >= 0.6 is 23.2 Å². The van der Waals surface area contributed by atoms with Crippen LogP contribution < -0.4 is 5.32 Å². The molecule has 6 nitrogen and oxygen atoms in total. The minimum absolute atomic E-state index is 0.0164. The van der Waals surface area contributed by atoms with Gasteiger partial charge in [0.05, 0.1) is 7.11 Å². The molecule has 148 valence electrons. The van der Waals surface area contributed by atoms with Crippen LogP contribution in [0.5, 0.6) is 0 Å². The van der Waals surface area contributed by atoms with Gasteiger partial charge in [0.1, 0.15) is 6.04 Å². The predicted molar refractivity (Wildman–Crippen MR) is 103 cm³/mol. The smallest absolute Gasteiger partial charge is 0.328 e. The molecule has 1 saturated heterocycles. The van der Waals surface area contributed by atoms with Crippen LogP contribution in [-0.4, -0.2) is 41.9 Å². The average Bonchev–Trinajstić information content (AvgIpc) is 2.91. The van der Waals surface area contributed by atoms with Crippen molar-refractivity contribution in [3.63, 3.8) is 0 Å². The van der Waals surface area contributed by atoms with Crippen LogP contribution in [0.25, 0.3) is 0 Å². The second-order valence-corrected chi connectivity index (χ2v) is 7.88. The summed E-state index contributed by atoms with van der Waals surface area (Å²) in [6, 6.07) is 4.19. The normalized spacial score (nSPS) is 17.9. The summed E-state index contributed by atoms with van der Waals surface area (Å²) in [6.07, 6.45) is 1.10. The van der Waals surface area contributed by atoms with Crippen molar-refractivity contribution in [1.29, 1.82) is 0 Å². The van der Waals surface area contributed by atoms with E-state index in [1.807, 2.05) is 13.8 Å². The summed E-state index contributed by atoms with van der Waals surface area (Å²) in [4.78, 5) is 38.2. The number of ether oxygens (including phenoxy) is 1. The summed E-state index contributed by atoms with van der Waals surface area (Å²) in [5.41, 5.74) is 0.808. The summed E-state index contributed by atoms with van der Waals surface area (Å²) in [5.74, 6) is -0.882. The Balaban J connectivity index is 2.04. The van der Waals surface area contributed by atoms with E-state index in [0.717, 1.165) is 5.56 Å². The Hall–Kier alpha value is -1.79. The van der Waals surface area contributed by atoms with Crippen LogP contribution in [0.2, 0.25) is 10.0 Å². The van der Waals surface area contributed by atoms with E-state index in [-0.39, 0.29) is 30.2 Å². The topological polar surface area (TPSA) is 75.7 Å². The molecule has 1 heterocycles. The summed E-state index contributed by atoms with van der Waals surface area (Å²) in [7, 11) is 1.29. The van der Waals surface area contributed by atoms with E-state index in [0.29, 0.717) is 29.4 Å². The molecule has 0 spiro atoms. The lowest BCUT2D eigenvalue weighted by Gasteiger charge is -2.26. The van der Waals surface area contributed by atoms with Crippen LogP contribution in [0.3, 0.4) is 0 Å². The number of hydrogen-bond acceptors (Lipinski definition) is 4. The molecule has 1 fully saturated rings. The van der Waals surface area contributed by atoms with Crippen molar-refractivity contribution < 1.29 is 19.1 Å². The third kappa shape index (κ3) is 5.84. The molecule has 0 radical (unpaired) electrons. The number of methoxy groups -OCH3 is 1. The van der Waals surface area contributed by atoms with E-state index in [1.54, 1.807) is 23.1 Å². The quantitative estimate of drug-likeness (QED) is 0.695. The Labute approximate surface area is 169 Å². The second kappa shape index (κ2) is 9.42. The van der Waals surface area contributed by atoms with Gasteiger partial charge < -0.3 is 15.0 Å². The van der Waals surface area contributed by atoms with Gasteiger partial charge >= 0.3 is 5.97 Å². The first kappa shape index (κ1) is 21.5. The number of hydrogen-bond donors (Lipinski definition) is 1. The van der Waals surface area contributed by atoms with Gasteiger partial charge in [0.2, 0.25) is 11.8 Å². The number of rotatable bonds is 7. The van der Waals surface area contributed by atoms with Crippen molar-refractivity contribution in [1.82, 2.24) is 10.2 Å². The zero-order valence-electron chi connectivity index (χ0n) is 15.6. The maximum Gasteiger partial charge on any atom is 0.328 e. The molecule has 2 atom stereocenters. The minimum atomic E-state index is -0.709. The number of benzene rings is 1. The van der Waals surface area contributed by atoms with Crippen molar-refractivity contribution in [2.75, 3.05) is 7.11 Å².